The maximum absolute atomic E-state index is 11.6. The Bertz CT molecular complexity index is 405. The van der Waals surface area contributed by atoms with Crippen LogP contribution in [0.1, 0.15) is 31.2 Å². The molecule has 1 amide bonds. The highest BCUT2D eigenvalue weighted by Gasteiger charge is 2.15. The molecule has 0 aromatic heterocycles. The molecular formula is C14H16BrNO. The van der Waals surface area contributed by atoms with Crippen LogP contribution in [0.4, 0.5) is 0 Å². The number of carbonyl (C=O) groups excluding carboxylic acids is 1. The Kier molecular flexibility index (Phi) is 4.37. The van der Waals surface area contributed by atoms with Crippen LogP contribution in [0, 0.1) is 0 Å². The molecule has 1 saturated carbocycles. The van der Waals surface area contributed by atoms with E-state index < -0.39 is 0 Å². The molecule has 1 aromatic carbocycles. The number of benzene rings is 1. The van der Waals surface area contributed by atoms with Crippen molar-refractivity contribution in [3.05, 3.63) is 40.4 Å². The van der Waals surface area contributed by atoms with E-state index in [2.05, 4.69) is 21.2 Å². The van der Waals surface area contributed by atoms with Crippen LogP contribution in [-0.2, 0) is 4.79 Å². The van der Waals surface area contributed by atoms with Crippen LogP contribution in [-0.4, -0.2) is 11.9 Å². The van der Waals surface area contributed by atoms with Crippen molar-refractivity contribution in [2.75, 3.05) is 0 Å². The first-order valence-corrected chi connectivity index (χ1v) is 6.77. The highest BCUT2D eigenvalue weighted by molar-refractivity contribution is 9.10. The van der Waals surface area contributed by atoms with Crippen molar-refractivity contribution in [2.45, 2.75) is 31.7 Å². The largest absolute Gasteiger partial charge is 0.350 e. The Morgan fingerprint density at radius 1 is 1.24 bits per heavy atom. The molecule has 0 heterocycles. The van der Waals surface area contributed by atoms with Crippen LogP contribution < -0.4 is 5.32 Å². The monoisotopic (exact) mass is 293 g/mol. The van der Waals surface area contributed by atoms with Gasteiger partial charge in [0.15, 0.2) is 0 Å². The molecule has 0 aliphatic heterocycles. The van der Waals surface area contributed by atoms with Crippen LogP contribution >= 0.6 is 15.9 Å². The molecule has 1 aliphatic carbocycles. The Balaban J connectivity index is 1.86. The second kappa shape index (κ2) is 6.01. The van der Waals surface area contributed by atoms with Gasteiger partial charge < -0.3 is 5.32 Å². The molecule has 1 fully saturated rings. The van der Waals surface area contributed by atoms with Gasteiger partial charge in [-0.1, -0.05) is 40.9 Å². The normalized spacial score (nSPS) is 16.5. The maximum Gasteiger partial charge on any atom is 0.244 e. The minimum absolute atomic E-state index is 0.0137. The third kappa shape index (κ3) is 4.00. The summed E-state index contributed by atoms with van der Waals surface area (Å²) in [6.07, 6.45) is 8.18. The van der Waals surface area contributed by atoms with E-state index in [4.69, 9.17) is 0 Å². The highest BCUT2D eigenvalue weighted by Crippen LogP contribution is 2.17. The number of rotatable bonds is 3. The summed E-state index contributed by atoms with van der Waals surface area (Å²) >= 11 is 3.38. The zero-order chi connectivity index (χ0) is 12.1. The van der Waals surface area contributed by atoms with E-state index in [0.717, 1.165) is 22.9 Å². The fourth-order valence-electron chi connectivity index (χ4n) is 2.07. The van der Waals surface area contributed by atoms with Gasteiger partial charge in [-0.05, 0) is 36.6 Å². The van der Waals surface area contributed by atoms with E-state index in [-0.39, 0.29) is 5.91 Å². The molecule has 17 heavy (non-hydrogen) atoms. The predicted octanol–water partition coefficient (Wildman–Crippen LogP) is 3.52. The Morgan fingerprint density at radius 3 is 2.53 bits per heavy atom. The molecule has 0 bridgehead atoms. The quantitative estimate of drug-likeness (QED) is 0.849. The molecule has 0 radical (unpaired) electrons. The molecule has 0 atom stereocenters. The summed E-state index contributed by atoms with van der Waals surface area (Å²) in [5, 5.41) is 3.03. The van der Waals surface area contributed by atoms with E-state index in [0.29, 0.717) is 6.04 Å². The smallest absolute Gasteiger partial charge is 0.244 e. The third-order valence-electron chi connectivity index (χ3n) is 3.00. The number of hydrogen-bond acceptors (Lipinski definition) is 1. The van der Waals surface area contributed by atoms with Crippen LogP contribution in [0.15, 0.2) is 34.8 Å². The Labute approximate surface area is 110 Å². The maximum atomic E-state index is 11.6. The van der Waals surface area contributed by atoms with Gasteiger partial charge in [-0.25, -0.2) is 0 Å². The van der Waals surface area contributed by atoms with Crippen molar-refractivity contribution in [3.8, 4) is 0 Å². The molecule has 0 spiro atoms. The van der Waals surface area contributed by atoms with E-state index in [1.54, 1.807) is 6.08 Å². The second-order valence-electron chi connectivity index (χ2n) is 4.37. The van der Waals surface area contributed by atoms with Gasteiger partial charge in [0.05, 0.1) is 0 Å². The molecule has 3 heteroatoms. The van der Waals surface area contributed by atoms with Gasteiger partial charge >= 0.3 is 0 Å². The number of hydrogen-bond donors (Lipinski definition) is 1. The van der Waals surface area contributed by atoms with Crippen molar-refractivity contribution in [2.24, 2.45) is 0 Å². The molecule has 2 rings (SSSR count). The van der Waals surface area contributed by atoms with Crippen molar-refractivity contribution in [1.82, 2.24) is 5.32 Å². The molecular weight excluding hydrogens is 278 g/mol. The van der Waals surface area contributed by atoms with Crippen LogP contribution in [0.25, 0.3) is 6.08 Å². The summed E-state index contributed by atoms with van der Waals surface area (Å²) in [7, 11) is 0. The van der Waals surface area contributed by atoms with Crippen molar-refractivity contribution in [1.29, 1.82) is 0 Å². The minimum atomic E-state index is 0.0137. The van der Waals surface area contributed by atoms with E-state index >= 15 is 0 Å². The Hall–Kier alpha value is -1.09. The molecule has 2 nitrogen and oxygen atoms in total. The molecule has 0 unspecified atom stereocenters. The fraction of sp³-hybridized carbons (Fsp3) is 0.357. The van der Waals surface area contributed by atoms with Crippen molar-refractivity contribution < 1.29 is 4.79 Å². The van der Waals surface area contributed by atoms with E-state index in [1.807, 2.05) is 30.3 Å². The second-order valence-corrected chi connectivity index (χ2v) is 5.29. The number of nitrogens with one attached hydrogen (secondary N) is 1. The summed E-state index contributed by atoms with van der Waals surface area (Å²) in [5.74, 6) is 0.0137. The zero-order valence-corrected chi connectivity index (χ0v) is 11.2. The lowest BCUT2D eigenvalue weighted by molar-refractivity contribution is -0.117. The van der Waals surface area contributed by atoms with Gasteiger partial charge in [-0.2, -0.15) is 0 Å². The number of halogens is 1. The third-order valence-corrected chi connectivity index (χ3v) is 3.53. The average Bonchev–Trinajstić information content (AvgIpc) is 2.81. The first-order chi connectivity index (χ1) is 8.24. The fourth-order valence-corrected chi connectivity index (χ4v) is 2.33. The molecule has 90 valence electrons. The minimum Gasteiger partial charge on any atom is -0.350 e. The number of carbonyl (C=O) groups is 1. The summed E-state index contributed by atoms with van der Waals surface area (Å²) < 4.78 is 1.05. The van der Waals surface area contributed by atoms with Crippen LogP contribution in [0.2, 0.25) is 0 Å². The van der Waals surface area contributed by atoms with Gasteiger partial charge in [-0.15, -0.1) is 0 Å². The zero-order valence-electron chi connectivity index (χ0n) is 9.66. The summed E-state index contributed by atoms with van der Waals surface area (Å²) in [4.78, 5) is 11.6. The van der Waals surface area contributed by atoms with Gasteiger partial charge in [0.25, 0.3) is 0 Å². The lowest BCUT2D eigenvalue weighted by atomic mass is 10.2. The van der Waals surface area contributed by atoms with Gasteiger partial charge in [0.2, 0.25) is 5.91 Å². The first kappa shape index (κ1) is 12.4. The highest BCUT2D eigenvalue weighted by atomic mass is 79.9. The lowest BCUT2D eigenvalue weighted by Crippen LogP contribution is -2.30. The average molecular weight is 294 g/mol. The van der Waals surface area contributed by atoms with E-state index in [9.17, 15) is 4.79 Å². The summed E-state index contributed by atoms with van der Waals surface area (Å²) in [6.45, 7) is 0. The standard InChI is InChI=1S/C14H16BrNO/c15-12-8-5-11(6-9-12)7-10-14(17)16-13-3-1-2-4-13/h5-10,13H,1-4H2,(H,16,17)/b10-7+. The van der Waals surface area contributed by atoms with Crippen LogP contribution in [0.5, 0.6) is 0 Å². The molecule has 1 aliphatic rings. The molecule has 1 aromatic rings. The SMILES string of the molecule is O=C(/C=C/c1ccc(Br)cc1)NC1CCCC1. The summed E-state index contributed by atoms with van der Waals surface area (Å²) in [6, 6.07) is 8.27. The van der Waals surface area contributed by atoms with Crippen LogP contribution in [0.3, 0.4) is 0 Å². The molecule has 0 saturated heterocycles. The molecule has 1 N–H and O–H groups in total. The van der Waals surface area contributed by atoms with E-state index in [1.165, 1.54) is 12.8 Å². The summed E-state index contributed by atoms with van der Waals surface area (Å²) in [5.41, 5.74) is 1.04. The van der Waals surface area contributed by atoms with Crippen molar-refractivity contribution in [3.63, 3.8) is 0 Å². The lowest BCUT2D eigenvalue weighted by Gasteiger charge is -2.08. The Morgan fingerprint density at radius 2 is 1.88 bits per heavy atom. The van der Waals surface area contributed by atoms with Gasteiger partial charge in [-0.3, -0.25) is 4.79 Å². The predicted molar refractivity (Wildman–Crippen MR) is 73.6 cm³/mol. The topological polar surface area (TPSA) is 29.1 Å². The van der Waals surface area contributed by atoms with Gasteiger partial charge in [0.1, 0.15) is 0 Å². The van der Waals surface area contributed by atoms with Crippen molar-refractivity contribution >= 4 is 27.9 Å². The van der Waals surface area contributed by atoms with Gasteiger partial charge in [0, 0.05) is 16.6 Å². The number of amides is 1. The first-order valence-electron chi connectivity index (χ1n) is 5.98.